The lowest BCUT2D eigenvalue weighted by Crippen LogP contribution is -2.15. The van der Waals surface area contributed by atoms with Gasteiger partial charge in [-0.05, 0) is 25.0 Å². The van der Waals surface area contributed by atoms with Gasteiger partial charge in [0.15, 0.2) is 0 Å². The molecule has 0 bridgehead atoms. The Kier molecular flexibility index (Phi) is 2.21. The fourth-order valence-electron chi connectivity index (χ4n) is 2.15. The van der Waals surface area contributed by atoms with Crippen LogP contribution in [-0.2, 0) is 10.2 Å². The third-order valence-corrected chi connectivity index (χ3v) is 3.24. The summed E-state index contributed by atoms with van der Waals surface area (Å²) in [4.78, 5) is 14.9. The first-order chi connectivity index (χ1) is 7.10. The van der Waals surface area contributed by atoms with Gasteiger partial charge in [0, 0.05) is 11.1 Å². The summed E-state index contributed by atoms with van der Waals surface area (Å²) in [6.45, 7) is 1.94. The van der Waals surface area contributed by atoms with Crippen molar-refractivity contribution in [2.24, 2.45) is 5.92 Å². The Balaban J connectivity index is 2.30. The second kappa shape index (κ2) is 3.29. The van der Waals surface area contributed by atoms with Crippen molar-refractivity contribution < 1.29 is 14.3 Å². The fourth-order valence-corrected chi connectivity index (χ4v) is 2.15. The highest BCUT2D eigenvalue weighted by Crippen LogP contribution is 2.56. The molecule has 1 aromatic heterocycles. The van der Waals surface area contributed by atoms with Gasteiger partial charge in [-0.3, -0.25) is 9.78 Å². The highest BCUT2D eigenvalue weighted by Gasteiger charge is 2.59. The highest BCUT2D eigenvalue weighted by molar-refractivity contribution is 5.76. The zero-order valence-electron chi connectivity index (χ0n) is 8.40. The largest absolute Gasteiger partial charge is 0.481 e. The number of rotatable bonds is 3. The molecule has 1 aliphatic rings. The molecule has 0 amide bonds. The molecule has 1 saturated carbocycles. The summed E-state index contributed by atoms with van der Waals surface area (Å²) in [7, 11) is 0. The van der Waals surface area contributed by atoms with Crippen LogP contribution in [0.15, 0.2) is 18.3 Å². The number of pyridine rings is 1. The van der Waals surface area contributed by atoms with Crippen molar-refractivity contribution in [3.63, 3.8) is 0 Å². The SMILES string of the molecule is CCC1(c2ccc(F)cn2)CC1C(=O)O. The predicted octanol–water partition coefficient (Wildman–Crippen LogP) is 1.97. The molecule has 1 N–H and O–H groups in total. The molecule has 0 spiro atoms. The van der Waals surface area contributed by atoms with Gasteiger partial charge in [-0.25, -0.2) is 4.39 Å². The van der Waals surface area contributed by atoms with Gasteiger partial charge in [0.1, 0.15) is 5.82 Å². The van der Waals surface area contributed by atoms with Crippen LogP contribution in [0.4, 0.5) is 4.39 Å². The van der Waals surface area contributed by atoms with E-state index in [1.54, 1.807) is 6.07 Å². The number of hydrogen-bond donors (Lipinski definition) is 1. The van der Waals surface area contributed by atoms with Crippen molar-refractivity contribution >= 4 is 5.97 Å². The standard InChI is InChI=1S/C11H12FNO2/c1-2-11(5-8(11)10(14)15)9-4-3-7(12)6-13-9/h3-4,6,8H,2,5H2,1H3,(H,14,15). The van der Waals surface area contributed by atoms with Crippen LogP contribution in [0.5, 0.6) is 0 Å². The Morgan fingerprint density at radius 1 is 1.73 bits per heavy atom. The molecule has 15 heavy (non-hydrogen) atoms. The molecule has 0 aliphatic heterocycles. The van der Waals surface area contributed by atoms with Crippen molar-refractivity contribution in [1.82, 2.24) is 4.98 Å². The average molecular weight is 209 g/mol. The van der Waals surface area contributed by atoms with E-state index in [0.29, 0.717) is 12.1 Å². The van der Waals surface area contributed by atoms with E-state index in [1.807, 2.05) is 6.92 Å². The first-order valence-corrected chi connectivity index (χ1v) is 4.95. The second-order valence-electron chi connectivity index (χ2n) is 3.97. The Hall–Kier alpha value is -1.45. The van der Waals surface area contributed by atoms with Crippen LogP contribution < -0.4 is 0 Å². The molecule has 2 rings (SSSR count). The quantitative estimate of drug-likeness (QED) is 0.828. The molecular weight excluding hydrogens is 197 g/mol. The van der Waals surface area contributed by atoms with Crippen LogP contribution >= 0.6 is 0 Å². The van der Waals surface area contributed by atoms with E-state index in [9.17, 15) is 9.18 Å². The monoisotopic (exact) mass is 209 g/mol. The van der Waals surface area contributed by atoms with Crippen LogP contribution in [0.2, 0.25) is 0 Å². The molecule has 1 fully saturated rings. The fraction of sp³-hybridized carbons (Fsp3) is 0.455. The minimum absolute atomic E-state index is 0.361. The number of carboxylic acids is 1. The van der Waals surface area contributed by atoms with Gasteiger partial charge >= 0.3 is 5.97 Å². The van der Waals surface area contributed by atoms with E-state index in [2.05, 4.69) is 4.98 Å². The maximum absolute atomic E-state index is 12.7. The van der Waals surface area contributed by atoms with E-state index >= 15 is 0 Å². The summed E-state index contributed by atoms with van der Waals surface area (Å²) in [6, 6.07) is 2.92. The van der Waals surface area contributed by atoms with Gasteiger partial charge in [-0.15, -0.1) is 0 Å². The molecule has 0 radical (unpaired) electrons. The Labute approximate surface area is 87.0 Å². The number of aromatic nitrogens is 1. The first kappa shape index (κ1) is 10.1. The minimum Gasteiger partial charge on any atom is -0.481 e. The van der Waals surface area contributed by atoms with Crippen LogP contribution in [0.25, 0.3) is 0 Å². The number of hydrogen-bond acceptors (Lipinski definition) is 2. The van der Waals surface area contributed by atoms with Crippen molar-refractivity contribution in [2.45, 2.75) is 25.2 Å². The Bertz CT molecular complexity index is 390. The van der Waals surface area contributed by atoms with Gasteiger partial charge in [0.25, 0.3) is 0 Å². The van der Waals surface area contributed by atoms with E-state index < -0.39 is 11.8 Å². The molecule has 0 aromatic carbocycles. The molecule has 1 heterocycles. The summed E-state index contributed by atoms with van der Waals surface area (Å²) in [5.41, 5.74) is 0.332. The van der Waals surface area contributed by atoms with E-state index in [4.69, 9.17) is 5.11 Å². The molecule has 2 atom stereocenters. The summed E-state index contributed by atoms with van der Waals surface area (Å²) in [5.74, 6) is -1.54. The third kappa shape index (κ3) is 1.50. The van der Waals surface area contributed by atoms with Crippen molar-refractivity contribution in [3.05, 3.63) is 29.8 Å². The molecule has 1 aromatic rings. The summed E-state index contributed by atoms with van der Waals surface area (Å²) >= 11 is 0. The molecule has 3 nitrogen and oxygen atoms in total. The van der Waals surface area contributed by atoms with Crippen LogP contribution in [0, 0.1) is 11.7 Å². The summed E-state index contributed by atoms with van der Waals surface area (Å²) in [5, 5.41) is 8.93. The van der Waals surface area contributed by atoms with Gasteiger partial charge in [-0.2, -0.15) is 0 Å². The zero-order valence-corrected chi connectivity index (χ0v) is 8.40. The number of carboxylic acid groups (broad SMARTS) is 1. The molecule has 2 unspecified atom stereocenters. The number of carbonyl (C=O) groups is 1. The Morgan fingerprint density at radius 3 is 2.87 bits per heavy atom. The molecule has 1 aliphatic carbocycles. The molecule has 4 heteroatoms. The number of halogens is 1. The van der Waals surface area contributed by atoms with Gasteiger partial charge < -0.3 is 5.11 Å². The second-order valence-corrected chi connectivity index (χ2v) is 3.97. The molecule has 0 saturated heterocycles. The lowest BCUT2D eigenvalue weighted by atomic mass is 9.95. The smallest absolute Gasteiger partial charge is 0.307 e. The zero-order chi connectivity index (χ0) is 11.1. The lowest BCUT2D eigenvalue weighted by Gasteiger charge is -2.12. The van der Waals surface area contributed by atoms with Gasteiger partial charge in [0.2, 0.25) is 0 Å². The van der Waals surface area contributed by atoms with Crippen LogP contribution in [0.1, 0.15) is 25.5 Å². The normalized spacial score (nSPS) is 28.8. The highest BCUT2D eigenvalue weighted by atomic mass is 19.1. The lowest BCUT2D eigenvalue weighted by molar-refractivity contribution is -0.139. The summed E-state index contributed by atoms with van der Waals surface area (Å²) in [6.07, 6.45) is 2.48. The van der Waals surface area contributed by atoms with Crippen molar-refractivity contribution in [3.8, 4) is 0 Å². The van der Waals surface area contributed by atoms with E-state index in [0.717, 1.165) is 12.6 Å². The van der Waals surface area contributed by atoms with Crippen molar-refractivity contribution in [1.29, 1.82) is 0 Å². The van der Waals surface area contributed by atoms with Gasteiger partial charge in [-0.1, -0.05) is 6.92 Å². The van der Waals surface area contributed by atoms with Crippen molar-refractivity contribution in [2.75, 3.05) is 0 Å². The number of nitrogens with zero attached hydrogens (tertiary/aromatic N) is 1. The van der Waals surface area contributed by atoms with E-state index in [1.165, 1.54) is 6.07 Å². The maximum atomic E-state index is 12.7. The first-order valence-electron chi connectivity index (χ1n) is 4.95. The van der Waals surface area contributed by atoms with E-state index in [-0.39, 0.29) is 11.3 Å². The maximum Gasteiger partial charge on any atom is 0.307 e. The average Bonchev–Trinajstić information content (AvgIpc) is 2.95. The molecule has 80 valence electrons. The van der Waals surface area contributed by atoms with Crippen LogP contribution in [-0.4, -0.2) is 16.1 Å². The summed E-state index contributed by atoms with van der Waals surface area (Å²) < 4.78 is 12.7. The molecular formula is C11H12FNO2. The third-order valence-electron chi connectivity index (χ3n) is 3.24. The van der Waals surface area contributed by atoms with Crippen LogP contribution in [0.3, 0.4) is 0 Å². The Morgan fingerprint density at radius 2 is 2.47 bits per heavy atom. The van der Waals surface area contributed by atoms with Gasteiger partial charge in [0.05, 0.1) is 12.1 Å². The minimum atomic E-state index is -0.789. The predicted molar refractivity (Wildman–Crippen MR) is 51.9 cm³/mol. The topological polar surface area (TPSA) is 50.2 Å². The number of aliphatic carboxylic acids is 1.